The number of ether oxygens (including phenoxy) is 1. The van der Waals surface area contributed by atoms with E-state index in [1.807, 2.05) is 60.1 Å². The van der Waals surface area contributed by atoms with Crippen molar-refractivity contribution in [3.05, 3.63) is 66.1 Å². The molecule has 1 atom stereocenters. The predicted molar refractivity (Wildman–Crippen MR) is 105 cm³/mol. The maximum Gasteiger partial charge on any atom is 0.407 e. The number of fused-ring (bicyclic) bond motifs is 3. The van der Waals surface area contributed by atoms with Gasteiger partial charge in [-0.05, 0) is 30.7 Å². The number of carbonyl (C=O) groups is 1. The number of carbonyl (C=O) groups excluding carboxylic acids is 1. The van der Waals surface area contributed by atoms with Crippen LogP contribution < -0.4 is 5.32 Å². The van der Waals surface area contributed by atoms with Crippen LogP contribution in [0.5, 0.6) is 0 Å². The van der Waals surface area contributed by atoms with Crippen molar-refractivity contribution in [1.82, 2.24) is 15.1 Å². The van der Waals surface area contributed by atoms with Crippen molar-refractivity contribution in [3.63, 3.8) is 0 Å². The average Bonchev–Trinajstić information content (AvgIpc) is 3.30. The lowest BCUT2D eigenvalue weighted by atomic mass is 10.2. The van der Waals surface area contributed by atoms with E-state index in [4.69, 9.17) is 9.15 Å². The van der Waals surface area contributed by atoms with E-state index in [0.717, 1.165) is 21.9 Å². The van der Waals surface area contributed by atoms with Crippen molar-refractivity contribution in [3.8, 4) is 0 Å². The van der Waals surface area contributed by atoms with Gasteiger partial charge >= 0.3 is 6.09 Å². The minimum atomic E-state index is -0.469. The zero-order valence-corrected chi connectivity index (χ0v) is 15.5. The van der Waals surface area contributed by atoms with Crippen LogP contribution in [0, 0.1) is 0 Å². The Hall–Kier alpha value is -3.32. The standard InChI is InChI=1S/C21H21N3O4/c1-14(23-21(26)27-13-15-5-3-2-4-6-15)11-24-20-16(10-22-24)7-8-19-18(20)9-17(12-25)28-19/h2-10,14,25H,11-13H2,1H3,(H,23,26)/t14-/m0/s1. The lowest BCUT2D eigenvalue weighted by Crippen LogP contribution is -2.36. The Morgan fingerprint density at radius 1 is 1.29 bits per heavy atom. The minimum Gasteiger partial charge on any atom is -0.459 e. The summed E-state index contributed by atoms with van der Waals surface area (Å²) >= 11 is 0. The number of amides is 1. The van der Waals surface area contributed by atoms with Gasteiger partial charge in [0.15, 0.2) is 0 Å². The number of nitrogens with one attached hydrogen (secondary N) is 1. The third kappa shape index (κ3) is 3.70. The fourth-order valence-corrected chi connectivity index (χ4v) is 3.24. The number of hydrogen-bond acceptors (Lipinski definition) is 5. The summed E-state index contributed by atoms with van der Waals surface area (Å²) < 4.78 is 12.7. The number of aromatic nitrogens is 2. The SMILES string of the molecule is C[C@@H](Cn1ncc2ccc3oc(CO)cc3c21)NC(=O)OCc1ccccc1. The van der Waals surface area contributed by atoms with Gasteiger partial charge in [0.1, 0.15) is 24.6 Å². The minimum absolute atomic E-state index is 0.157. The molecule has 0 saturated carbocycles. The van der Waals surface area contributed by atoms with Crippen LogP contribution in [-0.2, 0) is 24.5 Å². The Morgan fingerprint density at radius 3 is 2.89 bits per heavy atom. The first-order valence-electron chi connectivity index (χ1n) is 9.09. The van der Waals surface area contributed by atoms with E-state index >= 15 is 0 Å². The third-order valence-corrected chi connectivity index (χ3v) is 4.53. The molecule has 2 aromatic heterocycles. The molecule has 1 amide bonds. The smallest absolute Gasteiger partial charge is 0.407 e. The highest BCUT2D eigenvalue weighted by molar-refractivity contribution is 6.03. The van der Waals surface area contributed by atoms with Gasteiger partial charge in [0, 0.05) is 16.8 Å². The summed E-state index contributed by atoms with van der Waals surface area (Å²) in [6.07, 6.45) is 1.31. The van der Waals surface area contributed by atoms with Crippen LogP contribution in [0.3, 0.4) is 0 Å². The molecule has 7 nitrogen and oxygen atoms in total. The van der Waals surface area contributed by atoms with Crippen molar-refractivity contribution in [2.45, 2.75) is 32.7 Å². The molecule has 7 heteroatoms. The molecule has 0 spiro atoms. The van der Waals surface area contributed by atoms with Gasteiger partial charge in [-0.1, -0.05) is 30.3 Å². The number of benzene rings is 2. The Balaban J connectivity index is 1.45. The monoisotopic (exact) mass is 379 g/mol. The number of hydrogen-bond donors (Lipinski definition) is 2. The summed E-state index contributed by atoms with van der Waals surface area (Å²) in [7, 11) is 0. The summed E-state index contributed by atoms with van der Waals surface area (Å²) in [5.74, 6) is 0.505. The molecule has 0 aliphatic heterocycles. The van der Waals surface area contributed by atoms with Gasteiger partial charge < -0.3 is 19.6 Å². The van der Waals surface area contributed by atoms with Crippen LogP contribution in [0.4, 0.5) is 4.79 Å². The molecule has 0 fully saturated rings. The maximum atomic E-state index is 12.1. The summed E-state index contributed by atoms with van der Waals surface area (Å²) in [6, 6.07) is 15.0. The fourth-order valence-electron chi connectivity index (χ4n) is 3.24. The average molecular weight is 379 g/mol. The molecule has 2 aromatic carbocycles. The normalized spacial score (nSPS) is 12.4. The molecular weight excluding hydrogens is 358 g/mol. The molecular formula is C21H21N3O4. The second-order valence-electron chi connectivity index (χ2n) is 6.72. The number of alkyl carbamates (subject to hydrolysis) is 1. The van der Waals surface area contributed by atoms with Gasteiger partial charge in [-0.2, -0.15) is 5.10 Å². The number of rotatable bonds is 6. The molecule has 4 rings (SSSR count). The van der Waals surface area contributed by atoms with Crippen LogP contribution in [0.25, 0.3) is 21.9 Å². The molecule has 0 radical (unpaired) electrons. The van der Waals surface area contributed by atoms with Gasteiger partial charge in [0.05, 0.1) is 18.3 Å². The number of nitrogens with zero attached hydrogens (tertiary/aromatic N) is 2. The highest BCUT2D eigenvalue weighted by atomic mass is 16.5. The van der Waals surface area contributed by atoms with Crippen LogP contribution in [0.15, 0.2) is 59.1 Å². The number of furan rings is 1. The van der Waals surface area contributed by atoms with Crippen LogP contribution in [0.1, 0.15) is 18.2 Å². The van der Waals surface area contributed by atoms with Gasteiger partial charge in [0.25, 0.3) is 0 Å². The maximum absolute atomic E-state index is 12.1. The Bertz CT molecular complexity index is 1100. The van der Waals surface area contributed by atoms with E-state index < -0.39 is 6.09 Å². The molecule has 4 aromatic rings. The molecule has 2 heterocycles. The predicted octanol–water partition coefficient (Wildman–Crippen LogP) is 3.59. The van der Waals surface area contributed by atoms with E-state index in [1.54, 1.807) is 6.20 Å². The summed E-state index contributed by atoms with van der Waals surface area (Å²) in [5, 5.41) is 18.5. The quantitative estimate of drug-likeness (QED) is 0.534. The van der Waals surface area contributed by atoms with Gasteiger partial charge in [-0.15, -0.1) is 0 Å². The number of aliphatic hydroxyl groups is 1. The molecule has 0 aliphatic carbocycles. The zero-order valence-electron chi connectivity index (χ0n) is 15.5. The second-order valence-corrected chi connectivity index (χ2v) is 6.72. The third-order valence-electron chi connectivity index (χ3n) is 4.53. The molecule has 0 saturated heterocycles. The Morgan fingerprint density at radius 2 is 2.11 bits per heavy atom. The Kier molecular flexibility index (Phi) is 4.99. The highest BCUT2D eigenvalue weighted by Gasteiger charge is 2.15. The van der Waals surface area contributed by atoms with Gasteiger partial charge in [-0.25, -0.2) is 4.79 Å². The molecule has 0 aliphatic rings. The molecule has 2 N–H and O–H groups in total. The summed E-state index contributed by atoms with van der Waals surface area (Å²) in [5.41, 5.74) is 2.54. The topological polar surface area (TPSA) is 89.5 Å². The van der Waals surface area contributed by atoms with Crippen LogP contribution in [-0.4, -0.2) is 27.0 Å². The van der Waals surface area contributed by atoms with Gasteiger partial charge in [0.2, 0.25) is 0 Å². The summed E-state index contributed by atoms with van der Waals surface area (Å²) in [4.78, 5) is 12.1. The first-order valence-corrected chi connectivity index (χ1v) is 9.09. The zero-order chi connectivity index (χ0) is 19.5. The van der Waals surface area contributed by atoms with E-state index in [9.17, 15) is 9.90 Å². The second kappa shape index (κ2) is 7.74. The summed E-state index contributed by atoms with van der Waals surface area (Å²) in [6.45, 7) is 2.44. The first kappa shape index (κ1) is 18.1. The number of aliphatic hydroxyl groups excluding tert-OH is 1. The van der Waals surface area contributed by atoms with Crippen molar-refractivity contribution < 1.29 is 19.1 Å². The molecule has 0 unspecified atom stereocenters. The van der Waals surface area contributed by atoms with E-state index in [2.05, 4.69) is 10.4 Å². The molecule has 28 heavy (non-hydrogen) atoms. The van der Waals surface area contributed by atoms with E-state index in [0.29, 0.717) is 17.9 Å². The van der Waals surface area contributed by atoms with E-state index in [1.165, 1.54) is 0 Å². The molecule has 144 valence electrons. The van der Waals surface area contributed by atoms with Crippen LogP contribution >= 0.6 is 0 Å². The van der Waals surface area contributed by atoms with Crippen molar-refractivity contribution in [1.29, 1.82) is 0 Å². The first-order chi connectivity index (χ1) is 13.6. The van der Waals surface area contributed by atoms with Crippen molar-refractivity contribution in [2.24, 2.45) is 0 Å². The highest BCUT2D eigenvalue weighted by Crippen LogP contribution is 2.28. The van der Waals surface area contributed by atoms with Crippen molar-refractivity contribution >= 4 is 28.0 Å². The van der Waals surface area contributed by atoms with Crippen LogP contribution in [0.2, 0.25) is 0 Å². The van der Waals surface area contributed by atoms with E-state index in [-0.39, 0.29) is 19.3 Å². The molecule has 0 bridgehead atoms. The lowest BCUT2D eigenvalue weighted by molar-refractivity contribution is 0.135. The Labute approximate surface area is 161 Å². The largest absolute Gasteiger partial charge is 0.459 e. The fraction of sp³-hybridized carbons (Fsp3) is 0.238. The van der Waals surface area contributed by atoms with Crippen molar-refractivity contribution in [2.75, 3.05) is 0 Å². The van der Waals surface area contributed by atoms with Gasteiger partial charge in [-0.3, -0.25) is 4.68 Å². The lowest BCUT2D eigenvalue weighted by Gasteiger charge is -2.15.